The predicted octanol–water partition coefficient (Wildman–Crippen LogP) is 3.26. The minimum absolute atomic E-state index is 0.0790. The highest BCUT2D eigenvalue weighted by Gasteiger charge is 2.54. The van der Waals surface area contributed by atoms with Crippen LogP contribution in [0.1, 0.15) is 51.4 Å². The quantitative estimate of drug-likeness (QED) is 0.551. The molecule has 2 fully saturated rings. The van der Waals surface area contributed by atoms with Gasteiger partial charge < -0.3 is 0 Å². The minimum Gasteiger partial charge on any atom is -0.150 e. The average molecular weight is 167 g/mol. The summed E-state index contributed by atoms with van der Waals surface area (Å²) in [5.74, 6) is 0.660. The molecule has 0 aliphatic heterocycles. The lowest BCUT2D eigenvalue weighted by Gasteiger charge is -2.05. The summed E-state index contributed by atoms with van der Waals surface area (Å²) in [7, 11) is 0. The maximum atomic E-state index is 10.7. The molecular formula is C10H17NO. The molecule has 0 aromatic rings. The van der Waals surface area contributed by atoms with Crippen molar-refractivity contribution in [3.05, 3.63) is 4.91 Å². The number of rotatable bonds is 1. The third-order valence-electron chi connectivity index (χ3n) is 3.54. The maximum absolute atomic E-state index is 10.7. The minimum atomic E-state index is -0.0790. The largest absolute Gasteiger partial charge is 0.150 e. The second-order valence-electron chi connectivity index (χ2n) is 4.40. The Kier molecular flexibility index (Phi) is 2.16. The highest BCUT2D eigenvalue weighted by atomic mass is 16.3. The molecule has 0 N–H and O–H groups in total. The van der Waals surface area contributed by atoms with E-state index in [4.69, 9.17) is 0 Å². The van der Waals surface area contributed by atoms with Gasteiger partial charge in [0.25, 0.3) is 0 Å². The van der Waals surface area contributed by atoms with Crippen LogP contribution in [0.3, 0.4) is 0 Å². The highest BCUT2D eigenvalue weighted by Crippen LogP contribution is 2.53. The van der Waals surface area contributed by atoms with Crippen molar-refractivity contribution in [3.63, 3.8) is 0 Å². The summed E-state index contributed by atoms with van der Waals surface area (Å²) in [6, 6.07) is 0. The molecule has 0 bridgehead atoms. The van der Waals surface area contributed by atoms with Crippen LogP contribution in [0.2, 0.25) is 0 Å². The molecule has 0 spiro atoms. The standard InChI is InChI=1S/C10H17NO/c12-11-10-7-5-3-1-2-4-6-9(10)8-10/h9H,1-8H2. The third-order valence-corrected chi connectivity index (χ3v) is 3.54. The van der Waals surface area contributed by atoms with Gasteiger partial charge in [-0.15, -0.1) is 0 Å². The zero-order valence-corrected chi connectivity index (χ0v) is 7.59. The number of nitrogens with zero attached hydrogens (tertiary/aromatic N) is 1. The van der Waals surface area contributed by atoms with E-state index in [-0.39, 0.29) is 5.54 Å². The first kappa shape index (κ1) is 8.21. The van der Waals surface area contributed by atoms with E-state index in [0.717, 1.165) is 12.8 Å². The van der Waals surface area contributed by atoms with Crippen molar-refractivity contribution in [3.8, 4) is 0 Å². The number of hydrogen-bond acceptors (Lipinski definition) is 2. The van der Waals surface area contributed by atoms with Crippen molar-refractivity contribution >= 4 is 0 Å². The molecule has 2 heteroatoms. The summed E-state index contributed by atoms with van der Waals surface area (Å²) in [5, 5.41) is 3.35. The molecule has 0 heterocycles. The van der Waals surface area contributed by atoms with E-state index in [1.54, 1.807) is 0 Å². The Hall–Kier alpha value is -0.400. The van der Waals surface area contributed by atoms with Gasteiger partial charge in [-0.2, -0.15) is 4.91 Å². The predicted molar refractivity (Wildman–Crippen MR) is 49.0 cm³/mol. The van der Waals surface area contributed by atoms with Gasteiger partial charge in [-0.3, -0.25) is 0 Å². The molecule has 0 radical (unpaired) electrons. The number of nitroso groups, excluding NO2 is 1. The molecule has 2 aliphatic carbocycles. The molecular weight excluding hydrogens is 150 g/mol. The van der Waals surface area contributed by atoms with Crippen molar-refractivity contribution in [1.29, 1.82) is 0 Å². The Bertz CT molecular complexity index is 181. The molecule has 0 amide bonds. The maximum Gasteiger partial charge on any atom is 0.106 e. The summed E-state index contributed by atoms with van der Waals surface area (Å²) < 4.78 is 0. The Morgan fingerprint density at radius 1 is 1.08 bits per heavy atom. The van der Waals surface area contributed by atoms with Crippen molar-refractivity contribution < 1.29 is 0 Å². The monoisotopic (exact) mass is 167 g/mol. The summed E-state index contributed by atoms with van der Waals surface area (Å²) in [6.07, 6.45) is 10.0. The highest BCUT2D eigenvalue weighted by molar-refractivity contribution is 5.09. The molecule has 2 aliphatic rings. The van der Waals surface area contributed by atoms with Crippen LogP contribution < -0.4 is 0 Å². The Morgan fingerprint density at radius 3 is 2.67 bits per heavy atom. The molecule has 0 saturated heterocycles. The zero-order valence-electron chi connectivity index (χ0n) is 7.59. The second-order valence-corrected chi connectivity index (χ2v) is 4.40. The summed E-state index contributed by atoms with van der Waals surface area (Å²) in [6.45, 7) is 0. The van der Waals surface area contributed by atoms with Gasteiger partial charge in [-0.05, 0) is 25.2 Å². The van der Waals surface area contributed by atoms with Crippen LogP contribution >= 0.6 is 0 Å². The van der Waals surface area contributed by atoms with Crippen LogP contribution in [-0.4, -0.2) is 5.54 Å². The van der Waals surface area contributed by atoms with Gasteiger partial charge >= 0.3 is 0 Å². The lowest BCUT2D eigenvalue weighted by molar-refractivity contribution is 0.513. The molecule has 2 nitrogen and oxygen atoms in total. The second kappa shape index (κ2) is 3.15. The molecule has 2 unspecified atom stereocenters. The lowest BCUT2D eigenvalue weighted by atomic mass is 10.1. The van der Waals surface area contributed by atoms with Crippen molar-refractivity contribution in [1.82, 2.24) is 0 Å². The van der Waals surface area contributed by atoms with Crippen LogP contribution in [0.25, 0.3) is 0 Å². The van der Waals surface area contributed by atoms with Gasteiger partial charge in [0.15, 0.2) is 0 Å². The molecule has 0 aromatic heterocycles. The normalized spacial score (nSPS) is 41.8. The topological polar surface area (TPSA) is 29.4 Å². The molecule has 0 aromatic carbocycles. The van der Waals surface area contributed by atoms with Crippen molar-refractivity contribution in [2.45, 2.75) is 56.9 Å². The molecule has 12 heavy (non-hydrogen) atoms. The Labute approximate surface area is 73.7 Å². The van der Waals surface area contributed by atoms with Gasteiger partial charge in [0.05, 0.1) is 0 Å². The van der Waals surface area contributed by atoms with E-state index in [9.17, 15) is 4.91 Å². The first-order valence-electron chi connectivity index (χ1n) is 5.22. The summed E-state index contributed by atoms with van der Waals surface area (Å²) in [5.41, 5.74) is -0.0790. The smallest absolute Gasteiger partial charge is 0.106 e. The first-order valence-corrected chi connectivity index (χ1v) is 5.22. The van der Waals surface area contributed by atoms with E-state index in [0.29, 0.717) is 5.92 Å². The molecule has 68 valence electrons. The molecule has 2 saturated carbocycles. The Morgan fingerprint density at radius 2 is 1.83 bits per heavy atom. The van der Waals surface area contributed by atoms with E-state index in [1.165, 1.54) is 38.5 Å². The van der Waals surface area contributed by atoms with Crippen LogP contribution in [0.5, 0.6) is 0 Å². The molecule has 2 rings (SSSR count). The average Bonchev–Trinajstić information content (AvgIpc) is 2.77. The van der Waals surface area contributed by atoms with Crippen LogP contribution in [-0.2, 0) is 0 Å². The van der Waals surface area contributed by atoms with Gasteiger partial charge in [0.1, 0.15) is 5.54 Å². The van der Waals surface area contributed by atoms with Crippen molar-refractivity contribution in [2.24, 2.45) is 11.1 Å². The van der Waals surface area contributed by atoms with Gasteiger partial charge in [0, 0.05) is 0 Å². The number of fused-ring (bicyclic) bond motifs is 1. The number of hydrogen-bond donors (Lipinski definition) is 0. The van der Waals surface area contributed by atoms with Gasteiger partial charge in [-0.25, -0.2) is 0 Å². The van der Waals surface area contributed by atoms with E-state index in [2.05, 4.69) is 5.18 Å². The SMILES string of the molecule is O=NC12CCCCCCCC1C2. The van der Waals surface area contributed by atoms with Crippen LogP contribution in [0, 0.1) is 10.8 Å². The van der Waals surface area contributed by atoms with Crippen molar-refractivity contribution in [2.75, 3.05) is 0 Å². The summed E-state index contributed by atoms with van der Waals surface area (Å²) >= 11 is 0. The zero-order chi connectivity index (χ0) is 8.44. The fourth-order valence-electron chi connectivity index (χ4n) is 2.55. The van der Waals surface area contributed by atoms with E-state index >= 15 is 0 Å². The Balaban J connectivity index is 1.94. The lowest BCUT2D eigenvalue weighted by Crippen LogP contribution is -2.07. The molecule has 2 atom stereocenters. The third kappa shape index (κ3) is 1.39. The van der Waals surface area contributed by atoms with Gasteiger partial charge in [-0.1, -0.05) is 37.3 Å². The van der Waals surface area contributed by atoms with E-state index in [1.807, 2.05) is 0 Å². The van der Waals surface area contributed by atoms with E-state index < -0.39 is 0 Å². The fraction of sp³-hybridized carbons (Fsp3) is 1.00. The van der Waals surface area contributed by atoms with Gasteiger partial charge in [0.2, 0.25) is 0 Å². The summed E-state index contributed by atoms with van der Waals surface area (Å²) in [4.78, 5) is 10.7. The van der Waals surface area contributed by atoms with Crippen LogP contribution in [0.4, 0.5) is 0 Å². The van der Waals surface area contributed by atoms with Crippen LogP contribution in [0.15, 0.2) is 5.18 Å². The first-order chi connectivity index (χ1) is 5.87. The fourth-order valence-corrected chi connectivity index (χ4v) is 2.55.